The largest absolute Gasteiger partial charge is 0.481 e. The smallest absolute Gasteiger partial charge is 0.226 e. The Bertz CT molecular complexity index is 912. The van der Waals surface area contributed by atoms with E-state index in [1.54, 1.807) is 39.4 Å². The molecule has 3 rings (SSSR count). The molecule has 0 radical (unpaired) electrons. The van der Waals surface area contributed by atoms with Gasteiger partial charge in [-0.2, -0.15) is 0 Å². The predicted octanol–water partition coefficient (Wildman–Crippen LogP) is 2.88. The third-order valence-corrected chi connectivity index (χ3v) is 5.60. The number of rotatable bonds is 7. The number of anilines is 2. The maximum atomic E-state index is 14.6. The quantitative estimate of drug-likeness (QED) is 0.679. The van der Waals surface area contributed by atoms with Gasteiger partial charge >= 0.3 is 0 Å². The van der Waals surface area contributed by atoms with Crippen LogP contribution in [0.15, 0.2) is 36.5 Å². The molecule has 1 aromatic carbocycles. The van der Waals surface area contributed by atoms with Gasteiger partial charge in [-0.25, -0.2) is 9.37 Å². The van der Waals surface area contributed by atoms with Crippen molar-refractivity contribution in [1.82, 2.24) is 9.88 Å². The first-order valence-corrected chi connectivity index (χ1v) is 10.5. The lowest BCUT2D eigenvalue weighted by Crippen LogP contribution is -2.48. The third-order valence-electron chi connectivity index (χ3n) is 5.60. The van der Waals surface area contributed by atoms with Gasteiger partial charge in [-0.1, -0.05) is 13.0 Å². The standard InChI is InChI=1S/C23H29FN4O3/c1-4-22(29)26(2)20-8-7-18(15-19(20)24)27-11-13-28(14-12-27)23(30)10-6-17-5-9-21(31-3)25-16-17/h5,7-9,15-16H,4,6,10-14H2,1-3H3. The van der Waals surface area contributed by atoms with E-state index in [1.807, 2.05) is 17.0 Å². The van der Waals surface area contributed by atoms with Crippen molar-refractivity contribution in [2.45, 2.75) is 26.2 Å². The average molecular weight is 429 g/mol. The molecule has 0 unspecified atom stereocenters. The van der Waals surface area contributed by atoms with Gasteiger partial charge in [-0.05, 0) is 30.2 Å². The van der Waals surface area contributed by atoms with E-state index in [-0.39, 0.29) is 17.5 Å². The highest BCUT2D eigenvalue weighted by atomic mass is 19.1. The second-order valence-electron chi connectivity index (χ2n) is 7.52. The summed E-state index contributed by atoms with van der Waals surface area (Å²) in [6, 6.07) is 8.63. The molecule has 1 saturated heterocycles. The van der Waals surface area contributed by atoms with Gasteiger partial charge in [-0.15, -0.1) is 0 Å². The Morgan fingerprint density at radius 3 is 2.48 bits per heavy atom. The second-order valence-corrected chi connectivity index (χ2v) is 7.52. The van der Waals surface area contributed by atoms with Gasteiger partial charge in [-0.3, -0.25) is 9.59 Å². The lowest BCUT2D eigenvalue weighted by Gasteiger charge is -2.36. The molecule has 0 bridgehead atoms. The van der Waals surface area contributed by atoms with Gasteiger partial charge in [0.05, 0.1) is 12.8 Å². The molecule has 8 heteroatoms. The normalized spacial score (nSPS) is 13.8. The molecule has 0 N–H and O–H groups in total. The molecule has 31 heavy (non-hydrogen) atoms. The van der Waals surface area contributed by atoms with Crippen molar-refractivity contribution in [2.75, 3.05) is 50.1 Å². The molecule has 0 atom stereocenters. The van der Waals surface area contributed by atoms with E-state index in [1.165, 1.54) is 11.0 Å². The fourth-order valence-corrected chi connectivity index (χ4v) is 3.64. The molecule has 0 spiro atoms. The third kappa shape index (κ3) is 5.51. The van der Waals surface area contributed by atoms with E-state index in [9.17, 15) is 14.0 Å². The molecule has 1 aliphatic heterocycles. The first-order chi connectivity index (χ1) is 14.9. The molecule has 0 aliphatic carbocycles. The van der Waals surface area contributed by atoms with Crippen molar-refractivity contribution in [3.8, 4) is 5.88 Å². The summed E-state index contributed by atoms with van der Waals surface area (Å²) in [5.74, 6) is 0.105. The molecule has 2 aromatic rings. The number of nitrogens with zero attached hydrogens (tertiary/aromatic N) is 4. The molecule has 2 heterocycles. The Balaban J connectivity index is 1.52. The number of benzene rings is 1. The van der Waals surface area contributed by atoms with Gasteiger partial charge in [0, 0.05) is 64.0 Å². The SMILES string of the molecule is CCC(=O)N(C)c1ccc(N2CCN(C(=O)CCc3ccc(OC)nc3)CC2)cc1F. The van der Waals surface area contributed by atoms with Crippen molar-refractivity contribution < 1.29 is 18.7 Å². The number of carbonyl (C=O) groups is 2. The van der Waals surface area contributed by atoms with Crippen LogP contribution in [0, 0.1) is 5.82 Å². The Morgan fingerprint density at radius 1 is 1.16 bits per heavy atom. The number of pyridine rings is 1. The number of methoxy groups -OCH3 is 1. The minimum Gasteiger partial charge on any atom is -0.481 e. The fraction of sp³-hybridized carbons (Fsp3) is 0.435. The number of carbonyl (C=O) groups excluding carboxylic acids is 2. The number of hydrogen-bond acceptors (Lipinski definition) is 5. The number of aryl methyl sites for hydroxylation is 1. The maximum absolute atomic E-state index is 14.6. The van der Waals surface area contributed by atoms with Gasteiger partial charge in [0.1, 0.15) is 5.82 Å². The van der Waals surface area contributed by atoms with Crippen molar-refractivity contribution in [3.05, 3.63) is 47.9 Å². The van der Waals surface area contributed by atoms with Crippen molar-refractivity contribution in [2.24, 2.45) is 0 Å². The monoisotopic (exact) mass is 428 g/mol. The fourth-order valence-electron chi connectivity index (χ4n) is 3.64. The summed E-state index contributed by atoms with van der Waals surface area (Å²) < 4.78 is 19.6. The van der Waals surface area contributed by atoms with Gasteiger partial charge in [0.2, 0.25) is 17.7 Å². The van der Waals surface area contributed by atoms with Crippen LogP contribution in [0.1, 0.15) is 25.3 Å². The Kier molecular flexibility index (Phi) is 7.44. The highest BCUT2D eigenvalue weighted by Gasteiger charge is 2.22. The molecule has 2 amide bonds. The molecule has 1 aliphatic rings. The van der Waals surface area contributed by atoms with Crippen LogP contribution in [0.4, 0.5) is 15.8 Å². The summed E-state index contributed by atoms with van der Waals surface area (Å²) in [6.45, 7) is 4.21. The summed E-state index contributed by atoms with van der Waals surface area (Å²) in [5.41, 5.74) is 2.03. The lowest BCUT2D eigenvalue weighted by molar-refractivity contribution is -0.131. The van der Waals surface area contributed by atoms with Crippen LogP contribution in [0.5, 0.6) is 5.88 Å². The van der Waals surface area contributed by atoms with E-state index in [4.69, 9.17) is 4.74 Å². The second kappa shape index (κ2) is 10.2. The van der Waals surface area contributed by atoms with Crippen molar-refractivity contribution in [1.29, 1.82) is 0 Å². The van der Waals surface area contributed by atoms with E-state index in [2.05, 4.69) is 9.88 Å². The average Bonchev–Trinajstić information content (AvgIpc) is 2.81. The number of aromatic nitrogens is 1. The molecule has 1 fully saturated rings. The van der Waals surface area contributed by atoms with Crippen LogP contribution in [0.2, 0.25) is 0 Å². The highest BCUT2D eigenvalue weighted by molar-refractivity contribution is 5.92. The number of halogens is 1. The molecule has 1 aromatic heterocycles. The van der Waals surface area contributed by atoms with Crippen molar-refractivity contribution in [3.63, 3.8) is 0 Å². The Hall–Kier alpha value is -3.16. The van der Waals surface area contributed by atoms with Gasteiger partial charge in [0.15, 0.2) is 0 Å². The highest BCUT2D eigenvalue weighted by Crippen LogP contribution is 2.26. The predicted molar refractivity (Wildman–Crippen MR) is 118 cm³/mol. The van der Waals surface area contributed by atoms with Gasteiger partial charge in [0.25, 0.3) is 0 Å². The molecule has 0 saturated carbocycles. The molecular formula is C23H29FN4O3. The van der Waals surface area contributed by atoms with Crippen LogP contribution in [0.25, 0.3) is 0 Å². The van der Waals surface area contributed by atoms with Crippen LogP contribution in [0.3, 0.4) is 0 Å². The summed E-state index contributed by atoms with van der Waals surface area (Å²) in [6.07, 6.45) is 3.11. The van der Waals surface area contributed by atoms with E-state index in [0.29, 0.717) is 51.3 Å². The van der Waals surface area contributed by atoms with Crippen LogP contribution in [-0.2, 0) is 16.0 Å². The zero-order chi connectivity index (χ0) is 22.4. The Morgan fingerprint density at radius 2 is 1.90 bits per heavy atom. The number of piperazine rings is 1. The van der Waals surface area contributed by atoms with Crippen LogP contribution >= 0.6 is 0 Å². The first kappa shape index (κ1) is 22.5. The minimum absolute atomic E-state index is 0.108. The summed E-state index contributed by atoms with van der Waals surface area (Å²) >= 11 is 0. The summed E-state index contributed by atoms with van der Waals surface area (Å²) in [4.78, 5) is 33.8. The number of amides is 2. The number of hydrogen-bond donors (Lipinski definition) is 0. The van der Waals surface area contributed by atoms with Crippen LogP contribution in [-0.4, -0.2) is 62.0 Å². The van der Waals surface area contributed by atoms with E-state index in [0.717, 1.165) is 11.3 Å². The van der Waals surface area contributed by atoms with Crippen LogP contribution < -0.4 is 14.5 Å². The topological polar surface area (TPSA) is 66.0 Å². The lowest BCUT2D eigenvalue weighted by atomic mass is 10.1. The zero-order valence-electron chi connectivity index (χ0n) is 18.3. The first-order valence-electron chi connectivity index (χ1n) is 10.5. The molecule has 7 nitrogen and oxygen atoms in total. The van der Waals surface area contributed by atoms with E-state index < -0.39 is 5.82 Å². The zero-order valence-corrected chi connectivity index (χ0v) is 18.3. The summed E-state index contributed by atoms with van der Waals surface area (Å²) in [7, 11) is 3.15. The summed E-state index contributed by atoms with van der Waals surface area (Å²) in [5, 5.41) is 0. The molecular weight excluding hydrogens is 399 g/mol. The van der Waals surface area contributed by atoms with E-state index >= 15 is 0 Å². The maximum Gasteiger partial charge on any atom is 0.226 e. The van der Waals surface area contributed by atoms with Crippen molar-refractivity contribution >= 4 is 23.2 Å². The van der Waals surface area contributed by atoms with Gasteiger partial charge < -0.3 is 19.4 Å². The number of ether oxygens (including phenoxy) is 1. The Labute approximate surface area is 182 Å². The molecule has 166 valence electrons. The minimum atomic E-state index is -0.423.